The Hall–Kier alpha value is -0.960. The first kappa shape index (κ1) is 16.4. The lowest BCUT2D eigenvalue weighted by atomic mass is 9.99. The third-order valence-corrected chi connectivity index (χ3v) is 5.60. The molecule has 0 aromatic heterocycles. The second-order valence-electron chi connectivity index (χ2n) is 4.96. The zero-order chi connectivity index (χ0) is 15.5. The Morgan fingerprint density at radius 1 is 1.29 bits per heavy atom. The highest BCUT2D eigenvalue weighted by Gasteiger charge is 2.30. The molecular weight excluding hydrogens is 360 g/mol. The summed E-state index contributed by atoms with van der Waals surface area (Å²) in [6, 6.07) is 7.37. The van der Waals surface area contributed by atoms with E-state index >= 15 is 0 Å². The summed E-state index contributed by atoms with van der Waals surface area (Å²) in [6.07, 6.45) is 0.711. The topological polar surface area (TPSA) is 86.7 Å². The number of hydrogen-bond donors (Lipinski definition) is 2. The van der Waals surface area contributed by atoms with Gasteiger partial charge in [0.15, 0.2) is 0 Å². The number of carboxylic acids is 1. The van der Waals surface area contributed by atoms with E-state index in [9.17, 15) is 13.2 Å². The number of benzene rings is 1. The first-order valence-electron chi connectivity index (χ1n) is 6.60. The quantitative estimate of drug-likeness (QED) is 0.816. The summed E-state index contributed by atoms with van der Waals surface area (Å²) in [5.74, 6) is -1.29. The zero-order valence-corrected chi connectivity index (χ0v) is 13.7. The van der Waals surface area contributed by atoms with E-state index in [1.54, 1.807) is 0 Å². The maximum atomic E-state index is 12.2. The lowest BCUT2D eigenvalue weighted by Gasteiger charge is -2.29. The average Bonchev–Trinajstić information content (AvgIpc) is 2.47. The number of nitrogens with zero attached hydrogens (tertiary/aromatic N) is 1. The Morgan fingerprint density at radius 3 is 2.38 bits per heavy atom. The lowest BCUT2D eigenvalue weighted by molar-refractivity contribution is -0.142. The van der Waals surface area contributed by atoms with Crippen molar-refractivity contribution in [3.63, 3.8) is 0 Å². The van der Waals surface area contributed by atoms with Crippen molar-refractivity contribution in [2.45, 2.75) is 19.4 Å². The summed E-state index contributed by atoms with van der Waals surface area (Å²) in [5, 5.41) is 8.91. The maximum Gasteiger partial charge on any atom is 0.306 e. The molecule has 0 saturated carbocycles. The monoisotopic (exact) mass is 376 g/mol. The van der Waals surface area contributed by atoms with Crippen LogP contribution in [0, 0.1) is 5.92 Å². The van der Waals surface area contributed by atoms with Gasteiger partial charge in [-0.2, -0.15) is 17.4 Å². The molecule has 0 unspecified atom stereocenters. The van der Waals surface area contributed by atoms with Gasteiger partial charge in [0.2, 0.25) is 0 Å². The molecule has 2 N–H and O–H groups in total. The third kappa shape index (κ3) is 4.50. The molecule has 0 bridgehead atoms. The molecule has 0 aliphatic carbocycles. The van der Waals surface area contributed by atoms with E-state index in [0.29, 0.717) is 12.8 Å². The van der Waals surface area contributed by atoms with Crippen LogP contribution in [0.5, 0.6) is 0 Å². The highest BCUT2D eigenvalue weighted by molar-refractivity contribution is 9.10. The predicted molar refractivity (Wildman–Crippen MR) is 81.8 cm³/mol. The molecule has 1 aromatic carbocycles. The standard InChI is InChI=1S/C13H17BrN2O4S/c14-12-3-1-10(2-4-12)9-15-21(19,20)16-7-5-11(6-8-16)13(17)18/h1-4,11,15H,5-9H2,(H,17,18). The van der Waals surface area contributed by atoms with Gasteiger partial charge >= 0.3 is 5.97 Å². The highest BCUT2D eigenvalue weighted by Crippen LogP contribution is 2.19. The van der Waals surface area contributed by atoms with Crippen LogP contribution in [0.4, 0.5) is 0 Å². The van der Waals surface area contributed by atoms with Gasteiger partial charge in [0, 0.05) is 24.1 Å². The number of halogens is 1. The van der Waals surface area contributed by atoms with Gasteiger partial charge in [-0.05, 0) is 30.5 Å². The van der Waals surface area contributed by atoms with Crippen LogP contribution in [0.1, 0.15) is 18.4 Å². The number of carboxylic acid groups (broad SMARTS) is 1. The Bertz CT molecular complexity index is 595. The van der Waals surface area contributed by atoms with E-state index < -0.39 is 22.1 Å². The summed E-state index contributed by atoms with van der Waals surface area (Å²) >= 11 is 3.32. The summed E-state index contributed by atoms with van der Waals surface area (Å²) in [5.41, 5.74) is 0.863. The molecule has 1 heterocycles. The number of carbonyl (C=O) groups is 1. The normalized spacial score (nSPS) is 17.8. The van der Waals surface area contributed by atoms with Gasteiger partial charge in [-0.1, -0.05) is 28.1 Å². The summed E-state index contributed by atoms with van der Waals surface area (Å²) < 4.78 is 29.1. The van der Waals surface area contributed by atoms with Crippen molar-refractivity contribution in [3.05, 3.63) is 34.3 Å². The van der Waals surface area contributed by atoms with Gasteiger partial charge in [0.25, 0.3) is 10.2 Å². The first-order valence-corrected chi connectivity index (χ1v) is 8.84. The third-order valence-electron chi connectivity index (χ3n) is 3.52. The highest BCUT2D eigenvalue weighted by atomic mass is 79.9. The number of hydrogen-bond acceptors (Lipinski definition) is 3. The van der Waals surface area contributed by atoms with Crippen LogP contribution in [0.15, 0.2) is 28.7 Å². The Balaban J connectivity index is 1.90. The minimum absolute atomic E-state index is 0.217. The largest absolute Gasteiger partial charge is 0.481 e. The summed E-state index contributed by atoms with van der Waals surface area (Å²) in [4.78, 5) is 10.9. The smallest absolute Gasteiger partial charge is 0.306 e. The van der Waals surface area contributed by atoms with Crippen LogP contribution in [-0.2, 0) is 21.5 Å². The van der Waals surface area contributed by atoms with Crippen molar-refractivity contribution in [2.24, 2.45) is 5.92 Å². The van der Waals surface area contributed by atoms with E-state index in [4.69, 9.17) is 5.11 Å². The van der Waals surface area contributed by atoms with Crippen LogP contribution in [0.25, 0.3) is 0 Å². The molecule has 0 amide bonds. The van der Waals surface area contributed by atoms with Crippen molar-refractivity contribution >= 4 is 32.1 Å². The Morgan fingerprint density at radius 2 is 1.86 bits per heavy atom. The van der Waals surface area contributed by atoms with E-state index in [-0.39, 0.29) is 19.6 Å². The number of piperidine rings is 1. The molecule has 116 valence electrons. The van der Waals surface area contributed by atoms with Crippen molar-refractivity contribution in [3.8, 4) is 0 Å². The van der Waals surface area contributed by atoms with E-state index in [1.165, 1.54) is 4.31 Å². The van der Waals surface area contributed by atoms with Gasteiger partial charge in [-0.3, -0.25) is 4.79 Å². The fourth-order valence-electron chi connectivity index (χ4n) is 2.21. The molecular formula is C13H17BrN2O4S. The summed E-state index contributed by atoms with van der Waals surface area (Å²) in [7, 11) is -3.56. The molecule has 8 heteroatoms. The Kier molecular flexibility index (Phi) is 5.37. The minimum atomic E-state index is -3.56. The van der Waals surface area contributed by atoms with Crippen LogP contribution in [0.2, 0.25) is 0 Å². The molecule has 0 spiro atoms. The fraction of sp³-hybridized carbons (Fsp3) is 0.462. The SMILES string of the molecule is O=C(O)C1CCN(S(=O)(=O)NCc2ccc(Br)cc2)CC1. The van der Waals surface area contributed by atoms with Gasteiger partial charge in [0.1, 0.15) is 0 Å². The van der Waals surface area contributed by atoms with Crippen molar-refractivity contribution < 1.29 is 18.3 Å². The second kappa shape index (κ2) is 6.87. The minimum Gasteiger partial charge on any atom is -0.481 e. The molecule has 2 rings (SSSR count). The van der Waals surface area contributed by atoms with E-state index in [2.05, 4.69) is 20.7 Å². The molecule has 6 nitrogen and oxygen atoms in total. The zero-order valence-electron chi connectivity index (χ0n) is 11.3. The van der Waals surface area contributed by atoms with E-state index in [0.717, 1.165) is 10.0 Å². The van der Waals surface area contributed by atoms with Crippen LogP contribution < -0.4 is 4.72 Å². The fourth-order valence-corrected chi connectivity index (χ4v) is 3.70. The number of nitrogens with one attached hydrogen (secondary N) is 1. The van der Waals surface area contributed by atoms with Gasteiger partial charge in [-0.25, -0.2) is 0 Å². The first-order chi connectivity index (χ1) is 9.88. The maximum absolute atomic E-state index is 12.2. The van der Waals surface area contributed by atoms with Crippen LogP contribution in [0.3, 0.4) is 0 Å². The molecule has 1 aliphatic heterocycles. The average molecular weight is 377 g/mol. The van der Waals surface area contributed by atoms with Gasteiger partial charge in [0.05, 0.1) is 5.92 Å². The number of rotatable bonds is 5. The summed E-state index contributed by atoms with van der Waals surface area (Å²) in [6.45, 7) is 0.702. The molecule has 21 heavy (non-hydrogen) atoms. The van der Waals surface area contributed by atoms with Gasteiger partial charge < -0.3 is 5.11 Å². The molecule has 1 aromatic rings. The van der Waals surface area contributed by atoms with E-state index in [1.807, 2.05) is 24.3 Å². The lowest BCUT2D eigenvalue weighted by Crippen LogP contribution is -2.45. The molecule has 0 radical (unpaired) electrons. The molecule has 1 aliphatic rings. The second-order valence-corrected chi connectivity index (χ2v) is 7.64. The number of aliphatic carboxylic acids is 1. The van der Waals surface area contributed by atoms with Crippen molar-refractivity contribution in [1.29, 1.82) is 0 Å². The van der Waals surface area contributed by atoms with Gasteiger partial charge in [-0.15, -0.1) is 0 Å². The molecule has 1 fully saturated rings. The predicted octanol–water partition coefficient (Wildman–Crippen LogP) is 1.58. The van der Waals surface area contributed by atoms with Crippen molar-refractivity contribution in [1.82, 2.24) is 9.03 Å². The van der Waals surface area contributed by atoms with Crippen LogP contribution >= 0.6 is 15.9 Å². The van der Waals surface area contributed by atoms with Crippen molar-refractivity contribution in [2.75, 3.05) is 13.1 Å². The molecule has 0 atom stereocenters. The van der Waals surface area contributed by atoms with Crippen LogP contribution in [-0.4, -0.2) is 36.9 Å². The Labute approximate surface area is 132 Å². The molecule has 1 saturated heterocycles.